The summed E-state index contributed by atoms with van der Waals surface area (Å²) in [5.41, 5.74) is 6.16. The van der Waals surface area contributed by atoms with Crippen LogP contribution < -0.4 is 10.5 Å². The van der Waals surface area contributed by atoms with Gasteiger partial charge in [0.05, 0.1) is 6.21 Å². The van der Waals surface area contributed by atoms with Crippen LogP contribution in [0.15, 0.2) is 29.4 Å². The van der Waals surface area contributed by atoms with Crippen molar-refractivity contribution < 1.29 is 4.74 Å². The lowest BCUT2D eigenvalue weighted by Crippen LogP contribution is -2.01. The molecule has 0 saturated heterocycles. The average molecular weight is 243 g/mol. The van der Waals surface area contributed by atoms with E-state index in [2.05, 4.69) is 20.6 Å². The second-order valence-electron chi connectivity index (χ2n) is 3.16. The molecule has 0 unspecified atom stereocenters. The Balaban J connectivity index is 2.21. The van der Waals surface area contributed by atoms with Crippen molar-refractivity contribution in [1.82, 2.24) is 20.3 Å². The summed E-state index contributed by atoms with van der Waals surface area (Å²) < 4.78 is 5.24. The molecule has 0 bridgehead atoms. The standard InChI is InChI=1S/C10H9N7O/c11-5-6-18-9-4-2-1-3-8(9)7-13-17-10(12)14-15-16-17/h1-4,7H,6H2,(H2,12,14,16)/b13-7+. The number of ether oxygens (including phenoxy) is 1. The molecule has 0 amide bonds. The van der Waals surface area contributed by atoms with Gasteiger partial charge in [-0.2, -0.15) is 10.4 Å². The largest absolute Gasteiger partial charge is 0.478 e. The van der Waals surface area contributed by atoms with Crippen LogP contribution in [-0.4, -0.2) is 33.1 Å². The van der Waals surface area contributed by atoms with Gasteiger partial charge in [-0.25, -0.2) is 0 Å². The van der Waals surface area contributed by atoms with Crippen molar-refractivity contribution in [2.24, 2.45) is 5.10 Å². The zero-order valence-corrected chi connectivity index (χ0v) is 9.26. The molecule has 8 heteroatoms. The number of nitrogen functional groups attached to an aromatic ring is 1. The highest BCUT2D eigenvalue weighted by atomic mass is 16.5. The first-order valence-electron chi connectivity index (χ1n) is 4.98. The summed E-state index contributed by atoms with van der Waals surface area (Å²) in [5, 5.41) is 22.9. The Hall–Kier alpha value is -2.95. The van der Waals surface area contributed by atoms with Gasteiger partial charge in [0.25, 0.3) is 5.95 Å². The first-order chi connectivity index (χ1) is 8.81. The predicted octanol–water partition coefficient (Wildman–Crippen LogP) is 0.0399. The smallest absolute Gasteiger partial charge is 0.263 e. The van der Waals surface area contributed by atoms with E-state index in [-0.39, 0.29) is 12.6 Å². The molecule has 18 heavy (non-hydrogen) atoms. The van der Waals surface area contributed by atoms with E-state index in [1.165, 1.54) is 6.21 Å². The van der Waals surface area contributed by atoms with E-state index in [0.717, 1.165) is 4.79 Å². The van der Waals surface area contributed by atoms with Gasteiger partial charge >= 0.3 is 0 Å². The number of anilines is 1. The lowest BCUT2D eigenvalue weighted by atomic mass is 10.2. The highest BCUT2D eigenvalue weighted by molar-refractivity contribution is 5.83. The SMILES string of the molecule is N#CCOc1ccccc1/C=N/n1nnnc1N. The predicted molar refractivity (Wildman–Crippen MR) is 62.8 cm³/mol. The summed E-state index contributed by atoms with van der Waals surface area (Å²) in [6.45, 7) is -0.0299. The monoisotopic (exact) mass is 243 g/mol. The molecule has 0 aliphatic heterocycles. The quantitative estimate of drug-likeness (QED) is 0.758. The van der Waals surface area contributed by atoms with Crippen LogP contribution in [0.3, 0.4) is 0 Å². The van der Waals surface area contributed by atoms with Crippen LogP contribution in [0.4, 0.5) is 5.95 Å². The highest BCUT2D eigenvalue weighted by Crippen LogP contribution is 2.15. The Kier molecular flexibility index (Phi) is 3.46. The van der Waals surface area contributed by atoms with Crippen LogP contribution >= 0.6 is 0 Å². The van der Waals surface area contributed by atoms with Crippen molar-refractivity contribution in [3.8, 4) is 11.8 Å². The zero-order chi connectivity index (χ0) is 12.8. The minimum absolute atomic E-state index is 0.0299. The maximum Gasteiger partial charge on any atom is 0.263 e. The lowest BCUT2D eigenvalue weighted by molar-refractivity contribution is 0.367. The Labute approximate surface area is 102 Å². The van der Waals surface area contributed by atoms with Gasteiger partial charge in [-0.05, 0) is 22.6 Å². The van der Waals surface area contributed by atoms with E-state index in [1.54, 1.807) is 18.2 Å². The van der Waals surface area contributed by atoms with Gasteiger partial charge in [-0.3, -0.25) is 0 Å². The first kappa shape index (κ1) is 11.5. The molecule has 2 N–H and O–H groups in total. The lowest BCUT2D eigenvalue weighted by Gasteiger charge is -2.04. The normalized spacial score (nSPS) is 10.4. The number of benzene rings is 1. The van der Waals surface area contributed by atoms with Gasteiger partial charge in [-0.15, -0.1) is 0 Å². The summed E-state index contributed by atoms with van der Waals surface area (Å²) >= 11 is 0. The third-order valence-corrected chi connectivity index (χ3v) is 1.99. The molecule has 0 aliphatic carbocycles. The van der Waals surface area contributed by atoms with Crippen LogP contribution in [0.5, 0.6) is 5.75 Å². The molecule has 0 spiro atoms. The third-order valence-electron chi connectivity index (χ3n) is 1.99. The topological polar surface area (TPSA) is 115 Å². The van der Waals surface area contributed by atoms with Crippen LogP contribution in [0, 0.1) is 11.3 Å². The molecule has 2 aromatic rings. The average Bonchev–Trinajstić information content (AvgIpc) is 2.80. The molecular weight excluding hydrogens is 234 g/mol. The molecule has 0 aliphatic rings. The molecular formula is C10H9N7O. The molecule has 90 valence electrons. The van der Waals surface area contributed by atoms with E-state index >= 15 is 0 Å². The second-order valence-corrected chi connectivity index (χ2v) is 3.16. The number of rotatable bonds is 4. The summed E-state index contributed by atoms with van der Waals surface area (Å²) in [6, 6.07) is 9.05. The molecule has 1 heterocycles. The number of nitrogens with zero attached hydrogens (tertiary/aromatic N) is 6. The van der Waals surface area contributed by atoms with Crippen molar-refractivity contribution in [2.45, 2.75) is 0 Å². The van der Waals surface area contributed by atoms with E-state index < -0.39 is 0 Å². The Morgan fingerprint density at radius 2 is 2.33 bits per heavy atom. The minimum Gasteiger partial charge on any atom is -0.478 e. The van der Waals surface area contributed by atoms with Gasteiger partial charge in [0.1, 0.15) is 11.8 Å². The maximum atomic E-state index is 8.48. The van der Waals surface area contributed by atoms with Crippen LogP contribution in [0.1, 0.15) is 5.56 Å². The number of hydrogen-bond donors (Lipinski definition) is 1. The van der Waals surface area contributed by atoms with Gasteiger partial charge in [0, 0.05) is 5.56 Å². The van der Waals surface area contributed by atoms with Crippen LogP contribution in [-0.2, 0) is 0 Å². The Morgan fingerprint density at radius 3 is 3.06 bits per heavy atom. The Bertz CT molecular complexity index is 598. The van der Waals surface area contributed by atoms with Crippen molar-refractivity contribution in [1.29, 1.82) is 5.26 Å². The second kappa shape index (κ2) is 5.40. The molecule has 2 rings (SSSR count). The summed E-state index contributed by atoms with van der Waals surface area (Å²) in [7, 11) is 0. The minimum atomic E-state index is -0.0299. The fourth-order valence-electron chi connectivity index (χ4n) is 1.22. The van der Waals surface area contributed by atoms with E-state index in [0.29, 0.717) is 11.3 Å². The van der Waals surface area contributed by atoms with Crippen molar-refractivity contribution >= 4 is 12.2 Å². The number of nitriles is 1. The highest BCUT2D eigenvalue weighted by Gasteiger charge is 2.01. The molecule has 0 radical (unpaired) electrons. The number of aromatic nitrogens is 4. The Morgan fingerprint density at radius 1 is 1.50 bits per heavy atom. The summed E-state index contributed by atoms with van der Waals surface area (Å²) in [6.07, 6.45) is 1.50. The van der Waals surface area contributed by atoms with Crippen molar-refractivity contribution in [3.63, 3.8) is 0 Å². The van der Waals surface area contributed by atoms with Crippen molar-refractivity contribution in [2.75, 3.05) is 12.3 Å². The fourth-order valence-corrected chi connectivity index (χ4v) is 1.22. The van der Waals surface area contributed by atoms with Crippen LogP contribution in [0.25, 0.3) is 0 Å². The summed E-state index contributed by atoms with van der Waals surface area (Å²) in [4.78, 5) is 1.08. The van der Waals surface area contributed by atoms with Crippen molar-refractivity contribution in [3.05, 3.63) is 29.8 Å². The molecule has 1 aromatic heterocycles. The number of hydrogen-bond acceptors (Lipinski definition) is 7. The first-order valence-corrected chi connectivity index (χ1v) is 4.98. The maximum absolute atomic E-state index is 8.48. The molecule has 0 atom stereocenters. The van der Waals surface area contributed by atoms with Gasteiger partial charge in [0.2, 0.25) is 0 Å². The van der Waals surface area contributed by atoms with E-state index in [9.17, 15) is 0 Å². The number of tetrazole rings is 1. The fraction of sp³-hybridized carbons (Fsp3) is 0.100. The molecule has 0 saturated carbocycles. The zero-order valence-electron chi connectivity index (χ0n) is 9.26. The molecule has 1 aromatic carbocycles. The summed E-state index contributed by atoms with van der Waals surface area (Å²) in [5.74, 6) is 0.635. The van der Waals surface area contributed by atoms with E-state index in [4.69, 9.17) is 15.7 Å². The van der Waals surface area contributed by atoms with Crippen LogP contribution in [0.2, 0.25) is 0 Å². The number of nitrogens with two attached hydrogens (primary N) is 1. The third kappa shape index (κ3) is 2.59. The number of para-hydroxylation sites is 1. The molecule has 0 fully saturated rings. The van der Waals surface area contributed by atoms with Gasteiger partial charge in [-0.1, -0.05) is 22.0 Å². The van der Waals surface area contributed by atoms with E-state index in [1.807, 2.05) is 12.1 Å². The van der Waals surface area contributed by atoms with Gasteiger partial charge < -0.3 is 10.5 Å². The van der Waals surface area contributed by atoms with Gasteiger partial charge in [0.15, 0.2) is 6.61 Å². The molecule has 8 nitrogen and oxygen atoms in total.